The minimum Gasteiger partial charge on any atom is -0.352 e. The fourth-order valence-electron chi connectivity index (χ4n) is 3.56. The smallest absolute Gasteiger partial charge is 0.254 e. The normalized spacial score (nSPS) is 15.1. The zero-order valence-corrected chi connectivity index (χ0v) is 18.0. The molecule has 0 aromatic heterocycles. The molecular weight excluding hydrogens is 402 g/mol. The second-order valence-corrected chi connectivity index (χ2v) is 9.34. The Bertz CT molecular complexity index is 1010. The third-order valence-corrected chi connectivity index (χ3v) is 6.89. The van der Waals surface area contributed by atoms with Gasteiger partial charge in [-0.1, -0.05) is 36.4 Å². The number of hydrogen-bond acceptors (Lipinski definition) is 4. The van der Waals surface area contributed by atoms with Crippen LogP contribution in [0.15, 0.2) is 53.4 Å². The molecule has 0 radical (unpaired) electrons. The first kappa shape index (κ1) is 22.0. The second-order valence-electron chi connectivity index (χ2n) is 7.45. The fraction of sp³-hybridized carbons (Fsp3) is 0.364. The molecule has 1 aliphatic heterocycles. The maximum Gasteiger partial charge on any atom is 0.254 e. The van der Waals surface area contributed by atoms with E-state index >= 15 is 0 Å². The predicted octanol–water partition coefficient (Wildman–Crippen LogP) is 2.07. The third kappa shape index (κ3) is 5.06. The highest BCUT2D eigenvalue weighted by Gasteiger charge is 2.28. The average molecular weight is 430 g/mol. The van der Waals surface area contributed by atoms with E-state index < -0.39 is 10.0 Å². The van der Waals surface area contributed by atoms with Gasteiger partial charge in [0.1, 0.15) is 0 Å². The first-order valence-corrected chi connectivity index (χ1v) is 11.5. The number of sulfonamides is 1. The Balaban J connectivity index is 1.60. The molecule has 1 fully saturated rings. The predicted molar refractivity (Wildman–Crippen MR) is 114 cm³/mol. The number of nitrogens with one attached hydrogen (secondary N) is 2. The van der Waals surface area contributed by atoms with E-state index in [9.17, 15) is 18.0 Å². The molecule has 0 saturated carbocycles. The molecule has 0 spiro atoms. The maximum atomic E-state index is 13.0. The van der Waals surface area contributed by atoms with Crippen LogP contribution in [0.5, 0.6) is 0 Å². The summed E-state index contributed by atoms with van der Waals surface area (Å²) >= 11 is 0. The largest absolute Gasteiger partial charge is 0.352 e. The van der Waals surface area contributed by atoms with Crippen LogP contribution in [-0.2, 0) is 21.4 Å². The van der Waals surface area contributed by atoms with Gasteiger partial charge < -0.3 is 10.2 Å². The van der Waals surface area contributed by atoms with Crippen molar-refractivity contribution in [3.8, 4) is 0 Å². The van der Waals surface area contributed by atoms with Crippen molar-refractivity contribution >= 4 is 21.8 Å². The first-order valence-electron chi connectivity index (χ1n) is 9.97. The van der Waals surface area contributed by atoms with Crippen molar-refractivity contribution in [2.75, 3.05) is 20.1 Å². The monoisotopic (exact) mass is 429 g/mol. The Morgan fingerprint density at radius 2 is 1.73 bits per heavy atom. The van der Waals surface area contributed by atoms with Crippen LogP contribution in [0.4, 0.5) is 0 Å². The van der Waals surface area contributed by atoms with E-state index in [2.05, 4.69) is 10.0 Å². The molecule has 0 unspecified atom stereocenters. The molecule has 2 amide bonds. The summed E-state index contributed by atoms with van der Waals surface area (Å²) in [6, 6.07) is 14.3. The molecular formula is C22H27N3O4S. The highest BCUT2D eigenvalue weighted by atomic mass is 32.2. The number of aryl methyl sites for hydroxylation is 1. The van der Waals surface area contributed by atoms with Gasteiger partial charge in [-0.05, 0) is 50.1 Å². The lowest BCUT2D eigenvalue weighted by atomic mass is 9.95. The molecule has 2 aromatic rings. The van der Waals surface area contributed by atoms with E-state index in [0.29, 0.717) is 38.0 Å². The third-order valence-electron chi connectivity index (χ3n) is 5.48. The molecule has 2 N–H and O–H groups in total. The molecule has 1 heterocycles. The van der Waals surface area contributed by atoms with Crippen molar-refractivity contribution in [1.29, 1.82) is 0 Å². The van der Waals surface area contributed by atoms with Crippen molar-refractivity contribution in [2.24, 2.45) is 5.92 Å². The van der Waals surface area contributed by atoms with Crippen molar-refractivity contribution in [3.05, 3.63) is 65.2 Å². The van der Waals surface area contributed by atoms with E-state index in [1.807, 2.05) is 30.3 Å². The number of likely N-dealkylation sites (tertiary alicyclic amines) is 1. The SMILES string of the molecule is CNS(=O)(=O)c1ccc(C)c(C(=O)N2CCC(C(=O)NCc3ccccc3)CC2)c1. The molecule has 8 heteroatoms. The molecule has 2 aromatic carbocycles. The van der Waals surface area contributed by atoms with Gasteiger partial charge in [0.05, 0.1) is 4.90 Å². The highest BCUT2D eigenvalue weighted by Crippen LogP contribution is 2.22. The minimum atomic E-state index is -3.62. The van der Waals surface area contributed by atoms with E-state index in [0.717, 1.165) is 11.1 Å². The van der Waals surface area contributed by atoms with Gasteiger partial charge in [0.15, 0.2) is 0 Å². The molecule has 30 heavy (non-hydrogen) atoms. The summed E-state index contributed by atoms with van der Waals surface area (Å²) < 4.78 is 26.4. The summed E-state index contributed by atoms with van der Waals surface area (Å²) in [5.41, 5.74) is 2.14. The Morgan fingerprint density at radius 1 is 1.07 bits per heavy atom. The number of hydrogen-bond donors (Lipinski definition) is 2. The Hall–Kier alpha value is -2.71. The summed E-state index contributed by atoms with van der Waals surface area (Å²) in [5, 5.41) is 2.97. The lowest BCUT2D eigenvalue weighted by Crippen LogP contribution is -2.43. The van der Waals surface area contributed by atoms with Crippen molar-refractivity contribution in [3.63, 3.8) is 0 Å². The molecule has 160 valence electrons. The summed E-state index contributed by atoms with van der Waals surface area (Å²) in [7, 11) is -2.29. The first-order chi connectivity index (χ1) is 14.3. The fourth-order valence-corrected chi connectivity index (χ4v) is 4.32. The van der Waals surface area contributed by atoms with Crippen LogP contribution in [0.1, 0.15) is 34.3 Å². The molecule has 7 nitrogen and oxygen atoms in total. The van der Waals surface area contributed by atoms with Crippen LogP contribution < -0.4 is 10.0 Å². The van der Waals surface area contributed by atoms with Crippen molar-refractivity contribution in [2.45, 2.75) is 31.2 Å². The Morgan fingerprint density at radius 3 is 2.37 bits per heavy atom. The molecule has 0 bridgehead atoms. The van der Waals surface area contributed by atoms with Gasteiger partial charge in [-0.15, -0.1) is 0 Å². The Labute approximate surface area is 177 Å². The average Bonchev–Trinajstić information content (AvgIpc) is 2.78. The van der Waals surface area contributed by atoms with Crippen LogP contribution in [0.25, 0.3) is 0 Å². The summed E-state index contributed by atoms with van der Waals surface area (Å²) in [6.45, 7) is 3.20. The number of benzene rings is 2. The molecule has 0 atom stereocenters. The van der Waals surface area contributed by atoms with E-state index in [-0.39, 0.29) is 22.6 Å². The summed E-state index contributed by atoms with van der Waals surface area (Å²) in [4.78, 5) is 27.2. The topological polar surface area (TPSA) is 95.6 Å². The molecule has 0 aliphatic carbocycles. The van der Waals surface area contributed by atoms with Crippen LogP contribution in [0.3, 0.4) is 0 Å². The second kappa shape index (κ2) is 9.40. The number of nitrogens with zero attached hydrogens (tertiary/aromatic N) is 1. The highest BCUT2D eigenvalue weighted by molar-refractivity contribution is 7.89. The van der Waals surface area contributed by atoms with Gasteiger partial charge >= 0.3 is 0 Å². The molecule has 1 aliphatic rings. The zero-order chi connectivity index (χ0) is 21.7. The molecule has 3 rings (SSSR count). The van der Waals surface area contributed by atoms with Crippen LogP contribution >= 0.6 is 0 Å². The maximum absolute atomic E-state index is 13.0. The van der Waals surface area contributed by atoms with Gasteiger partial charge in [0, 0.05) is 31.1 Å². The van der Waals surface area contributed by atoms with Gasteiger partial charge in [0.2, 0.25) is 15.9 Å². The quantitative estimate of drug-likeness (QED) is 0.735. The van der Waals surface area contributed by atoms with Crippen molar-refractivity contribution < 1.29 is 18.0 Å². The Kier molecular flexibility index (Phi) is 6.89. The number of rotatable bonds is 6. The summed E-state index contributed by atoms with van der Waals surface area (Å²) in [5.74, 6) is -0.331. The lowest BCUT2D eigenvalue weighted by molar-refractivity contribution is -0.126. The number of amides is 2. The number of carbonyl (C=O) groups is 2. The number of carbonyl (C=O) groups excluding carboxylic acids is 2. The van der Waals surface area contributed by atoms with Gasteiger partial charge in [-0.2, -0.15) is 0 Å². The van der Waals surface area contributed by atoms with Crippen molar-refractivity contribution in [1.82, 2.24) is 14.9 Å². The van der Waals surface area contributed by atoms with E-state index in [1.165, 1.54) is 19.2 Å². The van der Waals surface area contributed by atoms with E-state index in [4.69, 9.17) is 0 Å². The van der Waals surface area contributed by atoms with E-state index in [1.54, 1.807) is 17.9 Å². The van der Waals surface area contributed by atoms with Crippen LogP contribution in [0.2, 0.25) is 0 Å². The standard InChI is InChI=1S/C22H27N3O4S/c1-16-8-9-19(30(28,29)23-2)14-20(16)22(27)25-12-10-18(11-13-25)21(26)24-15-17-6-4-3-5-7-17/h3-9,14,18,23H,10-13,15H2,1-2H3,(H,24,26). The van der Waals surface area contributed by atoms with Gasteiger partial charge in [0.25, 0.3) is 5.91 Å². The molecule has 1 saturated heterocycles. The lowest BCUT2D eigenvalue weighted by Gasteiger charge is -2.31. The van der Waals surface area contributed by atoms with Gasteiger partial charge in [-0.25, -0.2) is 13.1 Å². The van der Waals surface area contributed by atoms with Crippen LogP contribution in [-0.4, -0.2) is 45.3 Å². The number of piperidine rings is 1. The summed E-state index contributed by atoms with van der Waals surface area (Å²) in [6.07, 6.45) is 1.17. The minimum absolute atomic E-state index is 0.00393. The van der Waals surface area contributed by atoms with Gasteiger partial charge in [-0.3, -0.25) is 9.59 Å². The van der Waals surface area contributed by atoms with Crippen LogP contribution in [0, 0.1) is 12.8 Å². The zero-order valence-electron chi connectivity index (χ0n) is 17.2.